The van der Waals surface area contributed by atoms with Crippen molar-refractivity contribution in [3.8, 4) is 11.5 Å². The Morgan fingerprint density at radius 1 is 1.14 bits per heavy atom. The fourth-order valence-electron chi connectivity index (χ4n) is 3.26. The van der Waals surface area contributed by atoms with E-state index in [9.17, 15) is 18.0 Å². The second kappa shape index (κ2) is 7.14. The van der Waals surface area contributed by atoms with Crippen LogP contribution in [-0.2, 0) is 19.0 Å². The summed E-state index contributed by atoms with van der Waals surface area (Å²) in [7, 11) is 0. The monoisotopic (exact) mass is 421 g/mol. The highest BCUT2D eigenvalue weighted by Crippen LogP contribution is 2.35. The molecule has 1 aromatic carbocycles. The molecular formula is C19H15ClF3N5O. The number of pyridine rings is 1. The summed E-state index contributed by atoms with van der Waals surface area (Å²) in [6, 6.07) is 8.37. The zero-order valence-electron chi connectivity index (χ0n) is 15.2. The van der Waals surface area contributed by atoms with Gasteiger partial charge in [-0.1, -0.05) is 29.8 Å². The van der Waals surface area contributed by atoms with Crippen LogP contribution in [-0.4, -0.2) is 37.1 Å². The van der Waals surface area contributed by atoms with Gasteiger partial charge in [-0.3, -0.25) is 4.79 Å². The minimum Gasteiger partial charge on any atom is -0.329 e. The van der Waals surface area contributed by atoms with E-state index in [1.165, 1.54) is 35.2 Å². The van der Waals surface area contributed by atoms with Gasteiger partial charge in [-0.05, 0) is 18.2 Å². The summed E-state index contributed by atoms with van der Waals surface area (Å²) >= 11 is 6.10. The molecule has 0 radical (unpaired) electrons. The van der Waals surface area contributed by atoms with Gasteiger partial charge < -0.3 is 9.47 Å². The van der Waals surface area contributed by atoms with Crippen molar-refractivity contribution >= 4 is 17.5 Å². The van der Waals surface area contributed by atoms with Gasteiger partial charge in [-0.2, -0.15) is 4.39 Å². The molecule has 0 saturated heterocycles. The Balaban J connectivity index is 1.61. The number of aromatic nitrogens is 4. The van der Waals surface area contributed by atoms with Crippen LogP contribution >= 0.6 is 11.6 Å². The van der Waals surface area contributed by atoms with Crippen molar-refractivity contribution in [1.29, 1.82) is 0 Å². The Hall–Kier alpha value is -2.94. The number of halogens is 4. The number of rotatable bonds is 3. The van der Waals surface area contributed by atoms with Crippen LogP contribution in [0.1, 0.15) is 28.7 Å². The molecule has 0 bridgehead atoms. The van der Waals surface area contributed by atoms with Crippen molar-refractivity contribution < 1.29 is 18.0 Å². The Bertz CT molecular complexity index is 1100. The predicted molar refractivity (Wildman–Crippen MR) is 99.0 cm³/mol. The molecule has 150 valence electrons. The lowest BCUT2D eigenvalue weighted by Crippen LogP contribution is -2.38. The van der Waals surface area contributed by atoms with E-state index in [2.05, 4.69) is 15.2 Å². The fourth-order valence-corrected chi connectivity index (χ4v) is 3.63. The number of hydrogen-bond donors (Lipinski definition) is 0. The number of fused-ring (bicyclic) bond motifs is 1. The number of amides is 1. The third-order valence-corrected chi connectivity index (χ3v) is 5.09. The molecule has 0 aliphatic carbocycles. The van der Waals surface area contributed by atoms with Gasteiger partial charge in [0.1, 0.15) is 5.69 Å². The van der Waals surface area contributed by atoms with Gasteiger partial charge in [-0.15, -0.1) is 10.2 Å². The molecule has 4 rings (SSSR count). The van der Waals surface area contributed by atoms with Crippen LogP contribution in [0.25, 0.3) is 11.5 Å². The molecule has 0 fully saturated rings. The zero-order chi connectivity index (χ0) is 20.8. The number of alkyl halides is 2. The van der Waals surface area contributed by atoms with Crippen molar-refractivity contribution in [1.82, 2.24) is 24.6 Å². The summed E-state index contributed by atoms with van der Waals surface area (Å²) in [6.07, 6.45) is 0. The first-order valence-electron chi connectivity index (χ1n) is 8.77. The lowest BCUT2D eigenvalue weighted by molar-refractivity contribution is 0.0175. The number of hydrogen-bond acceptors (Lipinski definition) is 4. The van der Waals surface area contributed by atoms with Crippen molar-refractivity contribution in [2.75, 3.05) is 6.54 Å². The van der Waals surface area contributed by atoms with Crippen molar-refractivity contribution in [2.24, 2.45) is 0 Å². The Morgan fingerprint density at radius 2 is 1.90 bits per heavy atom. The minimum atomic E-state index is -3.16. The average molecular weight is 422 g/mol. The molecule has 1 aliphatic heterocycles. The maximum atomic E-state index is 13.7. The summed E-state index contributed by atoms with van der Waals surface area (Å²) in [4.78, 5) is 18.2. The number of carbonyl (C=O) groups is 1. The molecule has 10 heteroatoms. The predicted octanol–water partition coefficient (Wildman–Crippen LogP) is 3.90. The number of carbonyl (C=O) groups excluding carboxylic acids is 1. The fraction of sp³-hybridized carbons (Fsp3) is 0.263. The highest BCUT2D eigenvalue weighted by atomic mass is 35.5. The van der Waals surface area contributed by atoms with Crippen LogP contribution in [0.2, 0.25) is 5.02 Å². The minimum absolute atomic E-state index is 0.00526. The van der Waals surface area contributed by atoms with Gasteiger partial charge in [0.2, 0.25) is 5.95 Å². The third-order valence-electron chi connectivity index (χ3n) is 4.69. The molecule has 0 unspecified atom stereocenters. The van der Waals surface area contributed by atoms with Crippen molar-refractivity contribution in [3.63, 3.8) is 0 Å². The summed E-state index contributed by atoms with van der Waals surface area (Å²) in [5, 5.41) is 7.87. The zero-order valence-corrected chi connectivity index (χ0v) is 16.0. The van der Waals surface area contributed by atoms with E-state index in [4.69, 9.17) is 11.6 Å². The summed E-state index contributed by atoms with van der Waals surface area (Å²) < 4.78 is 42.6. The van der Waals surface area contributed by atoms with Crippen LogP contribution in [0, 0.1) is 5.95 Å². The lowest BCUT2D eigenvalue weighted by atomic mass is 10.0. The first kappa shape index (κ1) is 19.4. The van der Waals surface area contributed by atoms with Crippen molar-refractivity contribution in [2.45, 2.75) is 25.9 Å². The molecule has 0 N–H and O–H groups in total. The number of nitrogens with zero attached hydrogens (tertiary/aromatic N) is 5. The third kappa shape index (κ3) is 3.57. The second-order valence-corrected chi connectivity index (χ2v) is 7.10. The van der Waals surface area contributed by atoms with Gasteiger partial charge in [0.05, 0.1) is 17.1 Å². The van der Waals surface area contributed by atoms with Gasteiger partial charge >= 0.3 is 0 Å². The van der Waals surface area contributed by atoms with Crippen LogP contribution in [0.15, 0.2) is 36.4 Å². The first-order valence-corrected chi connectivity index (χ1v) is 9.14. The maximum absolute atomic E-state index is 13.7. The van der Waals surface area contributed by atoms with E-state index in [0.29, 0.717) is 23.9 Å². The molecule has 6 nitrogen and oxygen atoms in total. The van der Waals surface area contributed by atoms with Crippen LogP contribution < -0.4 is 0 Å². The van der Waals surface area contributed by atoms with E-state index >= 15 is 0 Å². The Kier molecular flexibility index (Phi) is 4.77. The Labute approximate surface area is 168 Å². The topological polar surface area (TPSA) is 63.9 Å². The maximum Gasteiger partial charge on any atom is 0.271 e. The summed E-state index contributed by atoms with van der Waals surface area (Å²) in [5.74, 6) is -3.38. The largest absolute Gasteiger partial charge is 0.329 e. The normalized spacial score (nSPS) is 14.0. The quantitative estimate of drug-likeness (QED) is 0.602. The standard InChI is InChI=1S/C19H15ClF3N5O/c1-19(22,23)12-5-2-4-11(16(12)20)18(29)27-8-9-28-15(10-27)25-26-17(28)13-6-3-7-14(21)24-13/h2-7H,8-10H2,1H3. The summed E-state index contributed by atoms with van der Waals surface area (Å²) in [6.45, 7) is 1.48. The Morgan fingerprint density at radius 3 is 2.62 bits per heavy atom. The summed E-state index contributed by atoms with van der Waals surface area (Å²) in [5.41, 5.74) is -0.0558. The molecule has 3 aromatic rings. The van der Waals surface area contributed by atoms with Crippen molar-refractivity contribution in [3.05, 3.63) is 64.3 Å². The smallest absolute Gasteiger partial charge is 0.271 e. The molecule has 1 amide bonds. The van der Waals surface area contributed by atoms with E-state index in [1.807, 2.05) is 0 Å². The highest BCUT2D eigenvalue weighted by Gasteiger charge is 2.32. The molecule has 1 aliphatic rings. The van der Waals surface area contributed by atoms with Gasteiger partial charge in [0, 0.05) is 25.6 Å². The van der Waals surface area contributed by atoms with E-state index in [0.717, 1.165) is 6.92 Å². The van der Waals surface area contributed by atoms with E-state index < -0.39 is 23.3 Å². The number of benzene rings is 1. The first-order chi connectivity index (χ1) is 13.8. The SMILES string of the molecule is CC(F)(F)c1cccc(C(=O)N2CCn3c(nnc3-c3cccc(F)n3)C2)c1Cl. The molecule has 3 heterocycles. The van der Waals surface area contributed by atoms with Gasteiger partial charge in [0.15, 0.2) is 11.6 Å². The van der Waals surface area contributed by atoms with Gasteiger partial charge in [-0.25, -0.2) is 13.8 Å². The lowest BCUT2D eigenvalue weighted by Gasteiger charge is -2.28. The molecular weight excluding hydrogens is 407 g/mol. The van der Waals surface area contributed by atoms with E-state index in [1.54, 1.807) is 10.6 Å². The van der Waals surface area contributed by atoms with Crippen LogP contribution in [0.5, 0.6) is 0 Å². The molecule has 0 atom stereocenters. The van der Waals surface area contributed by atoms with E-state index in [-0.39, 0.29) is 23.7 Å². The van der Waals surface area contributed by atoms with Crippen LogP contribution in [0.4, 0.5) is 13.2 Å². The second-order valence-electron chi connectivity index (χ2n) is 6.72. The molecule has 29 heavy (non-hydrogen) atoms. The molecule has 0 saturated carbocycles. The average Bonchev–Trinajstić information content (AvgIpc) is 3.10. The molecule has 2 aromatic heterocycles. The van der Waals surface area contributed by atoms with Crippen LogP contribution in [0.3, 0.4) is 0 Å². The highest BCUT2D eigenvalue weighted by molar-refractivity contribution is 6.34. The van der Waals surface area contributed by atoms with Gasteiger partial charge in [0.25, 0.3) is 11.8 Å². The molecule has 0 spiro atoms.